The van der Waals surface area contributed by atoms with Crippen LogP contribution in [0.5, 0.6) is 0 Å². The van der Waals surface area contributed by atoms with Gasteiger partial charge in [0.1, 0.15) is 12.4 Å². The molecule has 2 atom stereocenters. The number of carbonyl (C=O) groups excluding carboxylic acids is 3. The molecule has 0 radical (unpaired) electrons. The number of rotatable bonds is 13. The molecule has 0 saturated heterocycles. The summed E-state index contributed by atoms with van der Waals surface area (Å²) in [5.74, 6) is 5.11. The molecular weight excluding hydrogens is 628 g/mol. The Labute approximate surface area is 300 Å². The second-order valence-electron chi connectivity index (χ2n) is 21.1. The monoisotopic (exact) mass is 692 g/mol. The van der Waals surface area contributed by atoms with Gasteiger partial charge in [-0.1, -0.05) is 0 Å². The van der Waals surface area contributed by atoms with Crippen molar-refractivity contribution in [3.05, 3.63) is 0 Å². The summed E-state index contributed by atoms with van der Waals surface area (Å²) in [7, 11) is 0. The SMILES string of the molecule is CC(C)(C)C(=O)OCC12CC3CC(C1)C(OCCCC(=O)C14CC5CC(CC(C5)C1)C4)(OCCOC(=O)C14CC5CC(CC(C5)C1)C4)C(C3)C2. The summed E-state index contributed by atoms with van der Waals surface area (Å²) in [4.78, 5) is 40.3. The first-order valence-corrected chi connectivity index (χ1v) is 21.0. The second-order valence-corrected chi connectivity index (χ2v) is 21.1. The molecule has 12 fully saturated rings. The molecule has 12 rings (SSSR count). The molecule has 7 nitrogen and oxygen atoms in total. The van der Waals surface area contributed by atoms with Crippen molar-refractivity contribution in [1.29, 1.82) is 0 Å². The molecule has 12 aliphatic carbocycles. The standard InChI is InChI=1S/C43H64O7/c1-39(2,3)37(45)48-26-40-17-33-15-34(24-40)43(35(16-33)25-40,49-6-4-5-36(44)41-18-27-9-28(19-41)11-29(10-27)20-41)50-8-7-47-38(46)42-21-30-12-31(22-42)14-32(13-30)23-42/h27-35H,4-26H2,1-3H3. The Morgan fingerprint density at radius 1 is 0.560 bits per heavy atom. The summed E-state index contributed by atoms with van der Waals surface area (Å²) in [6, 6.07) is 0. The lowest BCUT2D eigenvalue weighted by molar-refractivity contribution is -0.353. The van der Waals surface area contributed by atoms with E-state index in [1.807, 2.05) is 20.8 Å². The van der Waals surface area contributed by atoms with Crippen LogP contribution in [0.1, 0.15) is 143 Å². The Kier molecular flexibility index (Phi) is 8.43. The van der Waals surface area contributed by atoms with E-state index in [4.69, 9.17) is 18.9 Å². The van der Waals surface area contributed by atoms with Crippen LogP contribution in [-0.4, -0.2) is 49.9 Å². The summed E-state index contributed by atoms with van der Waals surface area (Å²) in [6.45, 7) is 7.38. The molecule has 0 aliphatic heterocycles. The number of hydrogen-bond donors (Lipinski definition) is 0. The molecule has 12 aliphatic rings. The van der Waals surface area contributed by atoms with Gasteiger partial charge >= 0.3 is 11.9 Å². The minimum atomic E-state index is -0.731. The van der Waals surface area contributed by atoms with Crippen molar-refractivity contribution < 1.29 is 33.3 Å². The van der Waals surface area contributed by atoms with Gasteiger partial charge in [0.05, 0.1) is 30.7 Å². The summed E-state index contributed by atoms with van der Waals surface area (Å²) in [5, 5.41) is 0. The Hall–Kier alpha value is -1.47. The van der Waals surface area contributed by atoms with Gasteiger partial charge in [-0.05, 0) is 178 Å². The number of hydrogen-bond acceptors (Lipinski definition) is 7. The Balaban J connectivity index is 0.854. The molecule has 0 aromatic carbocycles. The van der Waals surface area contributed by atoms with Crippen LogP contribution in [0, 0.1) is 74.9 Å². The zero-order valence-electron chi connectivity index (χ0n) is 31.3. The van der Waals surface area contributed by atoms with Crippen molar-refractivity contribution in [3.8, 4) is 0 Å². The lowest BCUT2D eigenvalue weighted by atomic mass is 9.47. The van der Waals surface area contributed by atoms with E-state index < -0.39 is 11.2 Å². The molecule has 0 amide bonds. The lowest BCUT2D eigenvalue weighted by Gasteiger charge is -2.64. The molecule has 2 unspecified atom stereocenters. The number of carbonyl (C=O) groups is 3. The van der Waals surface area contributed by atoms with E-state index in [1.165, 1.54) is 38.5 Å². The molecule has 278 valence electrons. The topological polar surface area (TPSA) is 88.1 Å². The molecule has 0 spiro atoms. The lowest BCUT2D eigenvalue weighted by Crippen LogP contribution is -2.64. The van der Waals surface area contributed by atoms with Crippen LogP contribution in [0.25, 0.3) is 0 Å². The van der Waals surface area contributed by atoms with E-state index >= 15 is 0 Å². The first-order valence-electron chi connectivity index (χ1n) is 21.0. The van der Waals surface area contributed by atoms with Gasteiger partial charge in [-0.2, -0.15) is 0 Å². The van der Waals surface area contributed by atoms with E-state index in [-0.39, 0.29) is 46.6 Å². The predicted octanol–water partition coefficient (Wildman–Crippen LogP) is 8.46. The van der Waals surface area contributed by atoms with Crippen LogP contribution in [0.2, 0.25) is 0 Å². The van der Waals surface area contributed by atoms with E-state index in [9.17, 15) is 14.4 Å². The zero-order valence-corrected chi connectivity index (χ0v) is 31.3. The number of Topliss-reactive ketones (excluding diaryl/α,β-unsaturated/α-hetero) is 1. The van der Waals surface area contributed by atoms with Gasteiger partial charge in [-0.15, -0.1) is 0 Å². The molecule has 12 saturated carbocycles. The first kappa shape index (κ1) is 34.3. The van der Waals surface area contributed by atoms with Crippen molar-refractivity contribution in [1.82, 2.24) is 0 Å². The molecule has 0 N–H and O–H groups in total. The maximum absolute atomic E-state index is 13.8. The molecule has 7 heteroatoms. The largest absolute Gasteiger partial charge is 0.465 e. The van der Waals surface area contributed by atoms with Crippen molar-refractivity contribution in [2.75, 3.05) is 26.4 Å². The fourth-order valence-electron chi connectivity index (χ4n) is 15.2. The van der Waals surface area contributed by atoms with Crippen molar-refractivity contribution in [2.45, 2.75) is 149 Å². The predicted molar refractivity (Wildman–Crippen MR) is 187 cm³/mol. The average Bonchev–Trinajstić information content (AvgIpc) is 3.03. The molecule has 0 aromatic rings. The Morgan fingerprint density at radius 3 is 1.56 bits per heavy atom. The van der Waals surface area contributed by atoms with Crippen molar-refractivity contribution >= 4 is 17.7 Å². The third kappa shape index (κ3) is 5.93. The van der Waals surface area contributed by atoms with Crippen LogP contribution in [0.4, 0.5) is 0 Å². The van der Waals surface area contributed by atoms with E-state index in [2.05, 4.69) is 0 Å². The molecule has 50 heavy (non-hydrogen) atoms. The quantitative estimate of drug-likeness (QED) is 0.109. The smallest absolute Gasteiger partial charge is 0.312 e. The highest BCUT2D eigenvalue weighted by Crippen LogP contribution is 2.66. The summed E-state index contributed by atoms with van der Waals surface area (Å²) in [6.07, 6.45) is 20.8. The highest BCUT2D eigenvalue weighted by Gasteiger charge is 2.64. The van der Waals surface area contributed by atoms with Gasteiger partial charge in [0.2, 0.25) is 0 Å². The number of ether oxygens (including phenoxy) is 4. The second kappa shape index (κ2) is 12.3. The minimum Gasteiger partial charge on any atom is -0.465 e. The van der Waals surface area contributed by atoms with Crippen LogP contribution in [-0.2, 0) is 33.3 Å². The summed E-state index contributed by atoms with van der Waals surface area (Å²) < 4.78 is 26.0. The maximum Gasteiger partial charge on any atom is 0.312 e. The fourth-order valence-corrected chi connectivity index (χ4v) is 15.2. The molecule has 12 bridgehead atoms. The fraction of sp³-hybridized carbons (Fsp3) is 0.930. The zero-order chi connectivity index (χ0) is 34.5. The Bertz CT molecular complexity index is 1200. The molecule has 0 aromatic heterocycles. The highest BCUT2D eigenvalue weighted by atomic mass is 16.7. The summed E-state index contributed by atoms with van der Waals surface area (Å²) >= 11 is 0. The van der Waals surface area contributed by atoms with Crippen LogP contribution >= 0.6 is 0 Å². The van der Waals surface area contributed by atoms with Crippen LogP contribution < -0.4 is 0 Å². The van der Waals surface area contributed by atoms with Gasteiger partial charge in [0.15, 0.2) is 5.79 Å². The first-order chi connectivity index (χ1) is 23.8. The van der Waals surface area contributed by atoms with Crippen LogP contribution in [0.3, 0.4) is 0 Å². The van der Waals surface area contributed by atoms with Gasteiger partial charge < -0.3 is 18.9 Å². The normalized spacial score (nSPS) is 47.5. The Morgan fingerprint density at radius 2 is 1.04 bits per heavy atom. The summed E-state index contributed by atoms with van der Waals surface area (Å²) in [5.41, 5.74) is -0.846. The molecular formula is C43H64O7. The van der Waals surface area contributed by atoms with Gasteiger partial charge in [0.25, 0.3) is 0 Å². The van der Waals surface area contributed by atoms with Crippen molar-refractivity contribution in [3.63, 3.8) is 0 Å². The van der Waals surface area contributed by atoms with Crippen molar-refractivity contribution in [2.24, 2.45) is 74.9 Å². The minimum absolute atomic E-state index is 0.0167. The van der Waals surface area contributed by atoms with Gasteiger partial charge in [-0.3, -0.25) is 14.4 Å². The number of ketones is 1. The number of esters is 2. The maximum atomic E-state index is 13.8. The third-order valence-electron chi connectivity index (χ3n) is 16.2. The van der Waals surface area contributed by atoms with Crippen LogP contribution in [0.15, 0.2) is 0 Å². The highest BCUT2D eigenvalue weighted by molar-refractivity contribution is 5.85. The van der Waals surface area contributed by atoms with E-state index in [0.717, 1.165) is 94.8 Å². The van der Waals surface area contributed by atoms with Gasteiger partial charge in [-0.25, -0.2) is 0 Å². The van der Waals surface area contributed by atoms with E-state index in [1.54, 1.807) is 0 Å². The van der Waals surface area contributed by atoms with E-state index in [0.29, 0.717) is 55.7 Å². The third-order valence-corrected chi connectivity index (χ3v) is 16.2. The van der Waals surface area contributed by atoms with Gasteiger partial charge in [0, 0.05) is 29.1 Å². The molecule has 0 heterocycles. The average molecular weight is 693 g/mol.